The van der Waals surface area contributed by atoms with Crippen molar-refractivity contribution in [2.45, 2.75) is 44.2 Å². The molecule has 2 saturated heterocycles. The molecule has 0 amide bonds. The summed E-state index contributed by atoms with van der Waals surface area (Å²) in [5.74, 6) is 0.762. The molecule has 3 N–H and O–H groups in total. The van der Waals surface area contributed by atoms with Crippen molar-refractivity contribution < 1.29 is 4.92 Å². The SMILES string of the molecule is Nc1nc(N2CCCCC2C2CCCN2)ccc1[N+](=O)[O-]. The molecule has 114 valence electrons. The zero-order valence-electron chi connectivity index (χ0n) is 12.0. The molecule has 1 aromatic rings. The zero-order chi connectivity index (χ0) is 14.8. The Bertz CT molecular complexity index is 530. The molecule has 2 aliphatic rings. The molecule has 0 aromatic carbocycles. The Morgan fingerprint density at radius 1 is 1.33 bits per heavy atom. The third-order valence-corrected chi connectivity index (χ3v) is 4.49. The summed E-state index contributed by atoms with van der Waals surface area (Å²) in [6, 6.07) is 4.09. The number of nitrogens with one attached hydrogen (secondary N) is 1. The molecule has 0 spiro atoms. The first kappa shape index (κ1) is 14.1. The largest absolute Gasteiger partial charge is 0.378 e. The summed E-state index contributed by atoms with van der Waals surface area (Å²) in [6.07, 6.45) is 5.88. The van der Waals surface area contributed by atoms with Gasteiger partial charge in [0.05, 0.1) is 4.92 Å². The summed E-state index contributed by atoms with van der Waals surface area (Å²) in [5.41, 5.74) is 5.61. The van der Waals surface area contributed by atoms with E-state index in [2.05, 4.69) is 15.2 Å². The van der Waals surface area contributed by atoms with E-state index in [1.807, 2.05) is 0 Å². The minimum Gasteiger partial charge on any atom is -0.378 e. The minimum absolute atomic E-state index is 0.00112. The van der Waals surface area contributed by atoms with E-state index in [9.17, 15) is 10.1 Å². The molecule has 7 nitrogen and oxygen atoms in total. The molecule has 0 radical (unpaired) electrons. The number of aromatic nitrogens is 1. The number of nitrogens with two attached hydrogens (primary N) is 1. The van der Waals surface area contributed by atoms with Crippen LogP contribution < -0.4 is 16.0 Å². The maximum atomic E-state index is 10.8. The Hall–Kier alpha value is -1.89. The number of rotatable bonds is 3. The lowest BCUT2D eigenvalue weighted by atomic mass is 9.94. The highest BCUT2D eigenvalue weighted by Gasteiger charge is 2.32. The number of pyridine rings is 1. The molecule has 2 atom stereocenters. The fourth-order valence-corrected chi connectivity index (χ4v) is 3.47. The second-order valence-electron chi connectivity index (χ2n) is 5.79. The monoisotopic (exact) mass is 291 g/mol. The normalized spacial score (nSPS) is 26.0. The van der Waals surface area contributed by atoms with Gasteiger partial charge < -0.3 is 16.0 Å². The van der Waals surface area contributed by atoms with Crippen molar-refractivity contribution in [3.63, 3.8) is 0 Å². The highest BCUT2D eigenvalue weighted by Crippen LogP contribution is 2.30. The summed E-state index contributed by atoms with van der Waals surface area (Å²) in [5, 5.41) is 14.4. The molecule has 7 heteroatoms. The van der Waals surface area contributed by atoms with E-state index in [-0.39, 0.29) is 11.5 Å². The summed E-state index contributed by atoms with van der Waals surface area (Å²) >= 11 is 0. The second-order valence-corrected chi connectivity index (χ2v) is 5.79. The van der Waals surface area contributed by atoms with E-state index in [0.717, 1.165) is 31.7 Å². The fraction of sp³-hybridized carbons (Fsp3) is 0.643. The number of anilines is 2. The minimum atomic E-state index is -0.488. The van der Waals surface area contributed by atoms with Gasteiger partial charge in [0.2, 0.25) is 5.82 Å². The van der Waals surface area contributed by atoms with Crippen molar-refractivity contribution in [1.82, 2.24) is 10.3 Å². The summed E-state index contributed by atoms with van der Waals surface area (Å²) in [4.78, 5) is 16.9. The zero-order valence-corrected chi connectivity index (χ0v) is 12.0. The first-order valence-corrected chi connectivity index (χ1v) is 7.58. The second kappa shape index (κ2) is 5.85. The van der Waals surface area contributed by atoms with Crippen LogP contribution in [0.1, 0.15) is 32.1 Å². The third kappa shape index (κ3) is 2.78. The molecule has 3 heterocycles. The lowest BCUT2D eigenvalue weighted by Crippen LogP contribution is -2.50. The Labute approximate surface area is 123 Å². The molecule has 3 rings (SSSR count). The molecule has 2 aliphatic heterocycles. The maximum Gasteiger partial charge on any atom is 0.311 e. The number of hydrogen-bond acceptors (Lipinski definition) is 6. The van der Waals surface area contributed by atoms with Gasteiger partial charge in [-0.25, -0.2) is 4.98 Å². The Kier molecular flexibility index (Phi) is 3.92. The van der Waals surface area contributed by atoms with Gasteiger partial charge in [-0.15, -0.1) is 0 Å². The van der Waals surface area contributed by atoms with Crippen LogP contribution in [-0.2, 0) is 0 Å². The van der Waals surface area contributed by atoms with Crippen LogP contribution in [0, 0.1) is 10.1 Å². The molecule has 21 heavy (non-hydrogen) atoms. The van der Waals surface area contributed by atoms with Crippen LogP contribution in [0.4, 0.5) is 17.3 Å². The van der Waals surface area contributed by atoms with E-state index < -0.39 is 4.92 Å². The van der Waals surface area contributed by atoms with Crippen molar-refractivity contribution >= 4 is 17.3 Å². The van der Waals surface area contributed by atoms with E-state index in [0.29, 0.717) is 12.1 Å². The van der Waals surface area contributed by atoms with Gasteiger partial charge in [0, 0.05) is 24.7 Å². The van der Waals surface area contributed by atoms with Gasteiger partial charge in [0.1, 0.15) is 5.82 Å². The Balaban J connectivity index is 1.85. The molecular formula is C14H21N5O2. The van der Waals surface area contributed by atoms with Crippen molar-refractivity contribution in [3.05, 3.63) is 22.2 Å². The van der Waals surface area contributed by atoms with E-state index >= 15 is 0 Å². The predicted molar refractivity (Wildman–Crippen MR) is 81.3 cm³/mol. The first-order valence-electron chi connectivity index (χ1n) is 7.58. The molecule has 0 saturated carbocycles. The van der Waals surface area contributed by atoms with Gasteiger partial charge >= 0.3 is 5.69 Å². The average Bonchev–Trinajstić information content (AvgIpc) is 3.01. The van der Waals surface area contributed by atoms with Crippen LogP contribution in [-0.4, -0.2) is 35.1 Å². The van der Waals surface area contributed by atoms with Gasteiger partial charge in [-0.05, 0) is 44.7 Å². The Morgan fingerprint density at radius 2 is 2.19 bits per heavy atom. The van der Waals surface area contributed by atoms with Crippen LogP contribution in [0.3, 0.4) is 0 Å². The van der Waals surface area contributed by atoms with E-state index in [1.54, 1.807) is 6.07 Å². The molecule has 0 aliphatic carbocycles. The predicted octanol–water partition coefficient (Wildman–Crippen LogP) is 1.68. The van der Waals surface area contributed by atoms with Gasteiger partial charge in [0.15, 0.2) is 0 Å². The maximum absolute atomic E-state index is 10.8. The van der Waals surface area contributed by atoms with Crippen LogP contribution in [0.5, 0.6) is 0 Å². The van der Waals surface area contributed by atoms with Crippen LogP contribution >= 0.6 is 0 Å². The van der Waals surface area contributed by atoms with Gasteiger partial charge in [-0.1, -0.05) is 0 Å². The fourth-order valence-electron chi connectivity index (χ4n) is 3.47. The van der Waals surface area contributed by atoms with Gasteiger partial charge in [-0.2, -0.15) is 0 Å². The lowest BCUT2D eigenvalue weighted by molar-refractivity contribution is -0.384. The quantitative estimate of drug-likeness (QED) is 0.649. The lowest BCUT2D eigenvalue weighted by Gasteiger charge is -2.40. The standard InChI is InChI=1S/C14H21N5O2/c15-14-12(19(20)21)6-7-13(17-14)18-9-2-1-5-11(18)10-4-3-8-16-10/h6-7,10-11,16H,1-5,8-9H2,(H2,15,17). The number of hydrogen-bond donors (Lipinski definition) is 2. The molecule has 1 aromatic heterocycles. The van der Waals surface area contributed by atoms with Crippen molar-refractivity contribution in [2.75, 3.05) is 23.7 Å². The molecule has 0 bridgehead atoms. The Morgan fingerprint density at radius 3 is 2.86 bits per heavy atom. The van der Waals surface area contributed by atoms with Crippen LogP contribution in [0.25, 0.3) is 0 Å². The van der Waals surface area contributed by atoms with E-state index in [1.165, 1.54) is 25.3 Å². The van der Waals surface area contributed by atoms with Crippen molar-refractivity contribution in [1.29, 1.82) is 0 Å². The highest BCUT2D eigenvalue weighted by atomic mass is 16.6. The summed E-state index contributed by atoms with van der Waals surface area (Å²) < 4.78 is 0. The van der Waals surface area contributed by atoms with Crippen molar-refractivity contribution in [2.24, 2.45) is 0 Å². The van der Waals surface area contributed by atoms with E-state index in [4.69, 9.17) is 5.73 Å². The van der Waals surface area contributed by atoms with Crippen LogP contribution in [0.2, 0.25) is 0 Å². The average molecular weight is 291 g/mol. The number of nitro groups is 1. The molecular weight excluding hydrogens is 270 g/mol. The number of nitrogen functional groups attached to an aromatic ring is 1. The topological polar surface area (TPSA) is 97.3 Å². The summed E-state index contributed by atoms with van der Waals surface area (Å²) in [7, 11) is 0. The summed E-state index contributed by atoms with van der Waals surface area (Å²) in [6.45, 7) is 2.01. The van der Waals surface area contributed by atoms with Crippen molar-refractivity contribution in [3.8, 4) is 0 Å². The third-order valence-electron chi connectivity index (χ3n) is 4.49. The smallest absolute Gasteiger partial charge is 0.311 e. The highest BCUT2D eigenvalue weighted by molar-refractivity contribution is 5.58. The molecule has 2 unspecified atom stereocenters. The number of piperidine rings is 1. The van der Waals surface area contributed by atoms with Gasteiger partial charge in [0.25, 0.3) is 0 Å². The first-order chi connectivity index (χ1) is 10.2. The van der Waals surface area contributed by atoms with Crippen LogP contribution in [0.15, 0.2) is 12.1 Å². The van der Waals surface area contributed by atoms with Gasteiger partial charge in [-0.3, -0.25) is 10.1 Å². The number of nitrogens with zero attached hydrogens (tertiary/aromatic N) is 3. The molecule has 2 fully saturated rings.